The van der Waals surface area contributed by atoms with Gasteiger partial charge in [-0.15, -0.1) is 11.3 Å². The molecular weight excluding hydrogens is 401 g/mol. The summed E-state index contributed by atoms with van der Waals surface area (Å²) in [5, 5.41) is 5.69. The zero-order chi connectivity index (χ0) is 19.6. The molecule has 27 heavy (non-hydrogen) atoms. The predicted molar refractivity (Wildman–Crippen MR) is 114 cm³/mol. The second-order valence-electron chi connectivity index (χ2n) is 6.45. The predicted octanol–water partition coefficient (Wildman–Crippen LogP) is 6.81. The summed E-state index contributed by atoms with van der Waals surface area (Å²) < 4.78 is 5.99. The van der Waals surface area contributed by atoms with Gasteiger partial charge in [0.1, 0.15) is 12.4 Å². The van der Waals surface area contributed by atoms with Gasteiger partial charge in [0.15, 0.2) is 0 Å². The van der Waals surface area contributed by atoms with E-state index in [2.05, 4.69) is 24.4 Å². The molecule has 0 radical (unpaired) electrons. The van der Waals surface area contributed by atoms with Gasteiger partial charge in [0, 0.05) is 21.3 Å². The number of amides is 1. The zero-order valence-electron chi connectivity index (χ0n) is 15.2. The monoisotopic (exact) mass is 419 g/mol. The normalized spacial score (nSPS) is 10.7. The van der Waals surface area contributed by atoms with E-state index in [1.54, 1.807) is 18.2 Å². The third kappa shape index (κ3) is 5.04. The molecule has 0 spiro atoms. The van der Waals surface area contributed by atoms with Gasteiger partial charge in [-0.25, -0.2) is 0 Å². The SMILES string of the molecule is Cc1cc(C)c(OCc2csc(C(=O)Nc3cc(Cl)cc(Cl)c3)c2)c(C)c1. The fraction of sp³-hybridized carbons (Fsp3) is 0.190. The quantitative estimate of drug-likeness (QED) is 0.492. The highest BCUT2D eigenvalue weighted by Crippen LogP contribution is 2.27. The number of hydrogen-bond donors (Lipinski definition) is 1. The highest BCUT2D eigenvalue weighted by atomic mass is 35.5. The van der Waals surface area contributed by atoms with Gasteiger partial charge in [0.2, 0.25) is 0 Å². The van der Waals surface area contributed by atoms with E-state index < -0.39 is 0 Å². The molecule has 3 nitrogen and oxygen atoms in total. The molecule has 3 aromatic rings. The summed E-state index contributed by atoms with van der Waals surface area (Å²) in [6.07, 6.45) is 0. The number of carbonyl (C=O) groups excluding carboxylic acids is 1. The van der Waals surface area contributed by atoms with Crippen LogP contribution in [0.2, 0.25) is 10.0 Å². The van der Waals surface area contributed by atoms with E-state index in [9.17, 15) is 4.79 Å². The van der Waals surface area contributed by atoms with Crippen molar-refractivity contribution in [1.29, 1.82) is 0 Å². The maximum atomic E-state index is 12.4. The van der Waals surface area contributed by atoms with Crippen LogP contribution >= 0.6 is 34.5 Å². The maximum Gasteiger partial charge on any atom is 0.265 e. The lowest BCUT2D eigenvalue weighted by atomic mass is 10.1. The van der Waals surface area contributed by atoms with Gasteiger partial charge >= 0.3 is 0 Å². The minimum Gasteiger partial charge on any atom is -0.488 e. The number of carbonyl (C=O) groups is 1. The van der Waals surface area contributed by atoms with Gasteiger partial charge in [-0.1, -0.05) is 40.9 Å². The van der Waals surface area contributed by atoms with Gasteiger partial charge < -0.3 is 10.1 Å². The van der Waals surface area contributed by atoms with E-state index in [4.69, 9.17) is 27.9 Å². The van der Waals surface area contributed by atoms with Crippen LogP contribution in [0.3, 0.4) is 0 Å². The molecule has 140 valence electrons. The van der Waals surface area contributed by atoms with Crippen LogP contribution in [0.15, 0.2) is 41.8 Å². The summed E-state index contributed by atoms with van der Waals surface area (Å²) in [5.41, 5.74) is 4.95. The van der Waals surface area contributed by atoms with Crippen molar-refractivity contribution in [3.05, 3.63) is 79.0 Å². The molecule has 0 aliphatic rings. The fourth-order valence-corrected chi connectivity index (χ4v) is 4.26. The molecule has 3 rings (SSSR count). The largest absolute Gasteiger partial charge is 0.488 e. The van der Waals surface area contributed by atoms with Crippen LogP contribution in [-0.4, -0.2) is 5.91 Å². The van der Waals surface area contributed by atoms with Crippen molar-refractivity contribution < 1.29 is 9.53 Å². The number of nitrogens with one attached hydrogen (secondary N) is 1. The van der Waals surface area contributed by atoms with E-state index in [1.807, 2.05) is 25.3 Å². The molecule has 0 atom stereocenters. The summed E-state index contributed by atoms with van der Waals surface area (Å²) >= 11 is 13.3. The molecule has 0 unspecified atom stereocenters. The Morgan fingerprint density at radius 2 is 1.63 bits per heavy atom. The second kappa shape index (κ2) is 8.34. The van der Waals surface area contributed by atoms with Crippen molar-refractivity contribution in [3.63, 3.8) is 0 Å². The molecule has 1 aromatic heterocycles. The van der Waals surface area contributed by atoms with Crippen molar-refractivity contribution in [2.75, 3.05) is 5.32 Å². The lowest BCUT2D eigenvalue weighted by Gasteiger charge is -2.12. The summed E-state index contributed by atoms with van der Waals surface area (Å²) in [7, 11) is 0. The van der Waals surface area contributed by atoms with E-state index in [0.29, 0.717) is 27.2 Å². The summed E-state index contributed by atoms with van der Waals surface area (Å²) in [6, 6.07) is 11.0. The van der Waals surface area contributed by atoms with Gasteiger partial charge in [-0.3, -0.25) is 4.79 Å². The lowest BCUT2D eigenvalue weighted by molar-refractivity contribution is 0.103. The van der Waals surface area contributed by atoms with Crippen molar-refractivity contribution in [2.45, 2.75) is 27.4 Å². The molecule has 6 heteroatoms. The van der Waals surface area contributed by atoms with Crippen molar-refractivity contribution in [2.24, 2.45) is 0 Å². The Hall–Kier alpha value is -2.01. The molecule has 0 fully saturated rings. The van der Waals surface area contributed by atoms with Crippen LogP contribution in [0.25, 0.3) is 0 Å². The summed E-state index contributed by atoms with van der Waals surface area (Å²) in [4.78, 5) is 13.0. The van der Waals surface area contributed by atoms with E-state index in [0.717, 1.165) is 22.4 Å². The number of benzene rings is 2. The number of rotatable bonds is 5. The highest BCUT2D eigenvalue weighted by molar-refractivity contribution is 7.12. The molecule has 0 aliphatic heterocycles. The number of thiophene rings is 1. The number of anilines is 1. The minimum absolute atomic E-state index is 0.202. The van der Waals surface area contributed by atoms with Crippen LogP contribution in [0.5, 0.6) is 5.75 Å². The third-order valence-electron chi connectivity index (χ3n) is 3.99. The Labute approximate surface area is 172 Å². The van der Waals surface area contributed by atoms with Gasteiger partial charge in [-0.05, 0) is 61.5 Å². The topological polar surface area (TPSA) is 38.3 Å². The average molecular weight is 420 g/mol. The summed E-state index contributed by atoms with van der Waals surface area (Å²) in [5.74, 6) is 0.693. The Balaban J connectivity index is 1.67. The Kier molecular flexibility index (Phi) is 6.10. The maximum absolute atomic E-state index is 12.4. The van der Waals surface area contributed by atoms with Gasteiger partial charge in [0.05, 0.1) is 4.88 Å². The van der Waals surface area contributed by atoms with E-state index in [1.165, 1.54) is 16.9 Å². The summed E-state index contributed by atoms with van der Waals surface area (Å²) in [6.45, 7) is 6.56. The zero-order valence-corrected chi connectivity index (χ0v) is 17.6. The molecule has 0 saturated heterocycles. The molecule has 1 heterocycles. The smallest absolute Gasteiger partial charge is 0.265 e. The van der Waals surface area contributed by atoms with Crippen molar-refractivity contribution >= 4 is 46.1 Å². The first-order valence-corrected chi connectivity index (χ1v) is 10.0. The first-order valence-electron chi connectivity index (χ1n) is 8.37. The highest BCUT2D eigenvalue weighted by Gasteiger charge is 2.12. The Morgan fingerprint density at radius 1 is 1.00 bits per heavy atom. The second-order valence-corrected chi connectivity index (χ2v) is 8.23. The molecule has 1 N–H and O–H groups in total. The van der Waals surface area contributed by atoms with Crippen LogP contribution in [0.1, 0.15) is 31.9 Å². The number of hydrogen-bond acceptors (Lipinski definition) is 3. The Morgan fingerprint density at radius 3 is 2.26 bits per heavy atom. The van der Waals surface area contributed by atoms with Crippen molar-refractivity contribution in [1.82, 2.24) is 0 Å². The van der Waals surface area contributed by atoms with Gasteiger partial charge in [0.25, 0.3) is 5.91 Å². The van der Waals surface area contributed by atoms with Gasteiger partial charge in [-0.2, -0.15) is 0 Å². The van der Waals surface area contributed by atoms with Crippen molar-refractivity contribution in [3.8, 4) is 5.75 Å². The molecular formula is C21H19Cl2NO2S. The van der Waals surface area contributed by atoms with Crippen LogP contribution < -0.4 is 10.1 Å². The standard InChI is InChI=1S/C21H19Cl2NO2S/c1-12-4-13(2)20(14(3)5-12)26-10-15-6-19(27-11-15)21(25)24-18-8-16(22)7-17(23)9-18/h4-9,11H,10H2,1-3H3,(H,24,25). The molecule has 0 saturated carbocycles. The van der Waals surface area contributed by atoms with E-state index >= 15 is 0 Å². The minimum atomic E-state index is -0.202. The Bertz CT molecular complexity index is 954. The molecule has 1 amide bonds. The fourth-order valence-electron chi connectivity index (χ4n) is 2.94. The number of aryl methyl sites for hydroxylation is 3. The number of halogens is 2. The third-order valence-corrected chi connectivity index (χ3v) is 5.40. The first kappa shape index (κ1) is 19.7. The molecule has 2 aromatic carbocycles. The van der Waals surface area contributed by atoms with E-state index in [-0.39, 0.29) is 5.91 Å². The average Bonchev–Trinajstić information content (AvgIpc) is 3.02. The van der Waals surface area contributed by atoms with Crippen LogP contribution in [0.4, 0.5) is 5.69 Å². The molecule has 0 aliphatic carbocycles. The number of ether oxygens (including phenoxy) is 1. The van der Waals surface area contributed by atoms with Crippen LogP contribution in [-0.2, 0) is 6.61 Å². The molecule has 0 bridgehead atoms. The first-order chi connectivity index (χ1) is 12.8. The lowest BCUT2D eigenvalue weighted by Crippen LogP contribution is -2.10. The van der Waals surface area contributed by atoms with Crippen LogP contribution in [0, 0.1) is 20.8 Å².